The third-order valence-electron chi connectivity index (χ3n) is 8.12. The highest BCUT2D eigenvalue weighted by atomic mass is 19.4. The Bertz CT molecular complexity index is 1750. The highest BCUT2D eigenvalue weighted by Crippen LogP contribution is 2.65. The number of aromatic nitrogens is 3. The predicted molar refractivity (Wildman–Crippen MR) is 157 cm³/mol. The Balaban J connectivity index is 0.000000441. The van der Waals surface area contributed by atoms with Gasteiger partial charge in [-0.2, -0.15) is 18.3 Å². The summed E-state index contributed by atoms with van der Waals surface area (Å²) in [5.74, 6) is -0.807. The number of aromatic amines is 1. The van der Waals surface area contributed by atoms with Crippen LogP contribution in [0.15, 0.2) is 54.7 Å². The Hall–Kier alpha value is -4.91. The van der Waals surface area contributed by atoms with Crippen molar-refractivity contribution in [2.45, 2.75) is 23.9 Å². The van der Waals surface area contributed by atoms with Crippen molar-refractivity contribution < 1.29 is 37.3 Å². The maximum atomic E-state index is 13.0. The molecule has 44 heavy (non-hydrogen) atoms. The number of amides is 1. The van der Waals surface area contributed by atoms with Gasteiger partial charge >= 0.3 is 12.1 Å². The predicted octanol–water partition coefficient (Wildman–Crippen LogP) is 4.98. The molecule has 2 aromatic heterocycles. The number of alkyl halides is 3. The highest BCUT2D eigenvalue weighted by molar-refractivity contribution is 6.10. The van der Waals surface area contributed by atoms with Crippen LogP contribution in [0, 0.1) is 0 Å². The number of carboxylic acids is 1. The van der Waals surface area contributed by atoms with Gasteiger partial charge in [-0.1, -0.05) is 18.2 Å². The first-order chi connectivity index (χ1) is 21.1. The Labute approximate surface area is 249 Å². The summed E-state index contributed by atoms with van der Waals surface area (Å²) < 4.78 is 42.6. The molecule has 2 unspecified atom stereocenters. The van der Waals surface area contributed by atoms with Crippen LogP contribution in [0.25, 0.3) is 23.1 Å². The van der Waals surface area contributed by atoms with E-state index in [9.17, 15) is 18.0 Å². The molecule has 13 heteroatoms. The Morgan fingerprint density at radius 2 is 1.91 bits per heavy atom. The molecule has 10 nitrogen and oxygen atoms in total. The minimum absolute atomic E-state index is 0.0716. The lowest BCUT2D eigenvalue weighted by atomic mass is 9.91. The average Bonchev–Trinajstić information content (AvgIpc) is 3.57. The third-order valence-corrected chi connectivity index (χ3v) is 8.12. The molecule has 1 aliphatic carbocycles. The number of hydrogen-bond acceptors (Lipinski definition) is 7. The number of morpholine rings is 1. The van der Waals surface area contributed by atoms with E-state index in [1.165, 1.54) is 0 Å². The summed E-state index contributed by atoms with van der Waals surface area (Å²) >= 11 is 0. The lowest BCUT2D eigenvalue weighted by molar-refractivity contribution is -0.192. The number of rotatable bonds is 5. The Morgan fingerprint density at radius 1 is 1.14 bits per heavy atom. The van der Waals surface area contributed by atoms with Gasteiger partial charge in [0.15, 0.2) is 0 Å². The highest BCUT2D eigenvalue weighted by Gasteiger charge is 2.65. The molecule has 4 heterocycles. The van der Waals surface area contributed by atoms with Crippen molar-refractivity contribution in [3.8, 4) is 5.75 Å². The van der Waals surface area contributed by atoms with Crippen molar-refractivity contribution in [1.82, 2.24) is 15.2 Å². The van der Waals surface area contributed by atoms with Crippen LogP contribution in [0.4, 0.5) is 24.7 Å². The fourth-order valence-corrected chi connectivity index (χ4v) is 5.75. The van der Waals surface area contributed by atoms with Gasteiger partial charge in [0.2, 0.25) is 5.91 Å². The zero-order valence-electron chi connectivity index (χ0n) is 23.5. The molecule has 228 valence electrons. The van der Waals surface area contributed by atoms with Gasteiger partial charge in [-0.15, -0.1) is 0 Å². The number of H-pyrrole nitrogens is 1. The average molecular weight is 608 g/mol. The molecule has 3 aliphatic rings. The molecular formula is C31H28F3N5O5. The zero-order valence-corrected chi connectivity index (χ0v) is 23.5. The van der Waals surface area contributed by atoms with E-state index >= 15 is 0 Å². The van der Waals surface area contributed by atoms with Crippen LogP contribution in [-0.4, -0.2) is 71.8 Å². The van der Waals surface area contributed by atoms with Crippen LogP contribution < -0.4 is 15.0 Å². The number of carbonyl (C=O) groups is 2. The standard InChI is InChI=1S/C29H27N5O3.C2HF3O2/c1-36-20-5-8-25-22(15-20)29(28(35)31-25)16-23(29)19-4-6-21-24(32-33-26(21)14-19)7-2-18-3-9-27(30-17-18)34-10-12-37-13-11-34;3-2(4,5)1(6)7/h2-9,14-15,17,23H,10-13,16H2,1H3,(H,31,35)(H,32,33);(H,6,7)/b7-2+;. The van der Waals surface area contributed by atoms with Crippen LogP contribution >= 0.6 is 0 Å². The van der Waals surface area contributed by atoms with E-state index < -0.39 is 17.6 Å². The molecule has 1 saturated carbocycles. The second-order valence-corrected chi connectivity index (χ2v) is 10.7. The van der Waals surface area contributed by atoms with Crippen LogP contribution in [0.5, 0.6) is 5.75 Å². The van der Waals surface area contributed by atoms with E-state index in [0.29, 0.717) is 0 Å². The number of nitrogens with zero attached hydrogens (tertiary/aromatic N) is 3. The zero-order chi connectivity index (χ0) is 31.1. The number of nitrogens with one attached hydrogen (secondary N) is 2. The smallest absolute Gasteiger partial charge is 0.490 e. The number of methoxy groups -OCH3 is 1. The van der Waals surface area contributed by atoms with Crippen LogP contribution in [-0.2, 0) is 19.7 Å². The summed E-state index contributed by atoms with van der Waals surface area (Å²) in [4.78, 5) is 28.8. The molecule has 2 atom stereocenters. The first kappa shape index (κ1) is 29.2. The van der Waals surface area contributed by atoms with Gasteiger partial charge in [0.05, 0.1) is 36.9 Å². The van der Waals surface area contributed by atoms with Crippen molar-refractivity contribution in [2.75, 3.05) is 43.6 Å². The summed E-state index contributed by atoms with van der Waals surface area (Å²) in [5.41, 5.74) is 5.40. The number of halogens is 3. The molecule has 4 aromatic rings. The first-order valence-electron chi connectivity index (χ1n) is 13.8. The van der Waals surface area contributed by atoms with Gasteiger partial charge in [0.1, 0.15) is 11.6 Å². The fourth-order valence-electron chi connectivity index (χ4n) is 5.75. The number of aliphatic carboxylic acids is 1. The van der Waals surface area contributed by atoms with Gasteiger partial charge in [-0.3, -0.25) is 9.89 Å². The molecule has 0 radical (unpaired) electrons. The Morgan fingerprint density at radius 3 is 2.59 bits per heavy atom. The van der Waals surface area contributed by atoms with Gasteiger partial charge in [0, 0.05) is 36.3 Å². The summed E-state index contributed by atoms with van der Waals surface area (Å²) in [6, 6.07) is 16.3. The lowest BCUT2D eigenvalue weighted by Crippen LogP contribution is -2.36. The van der Waals surface area contributed by atoms with Crippen LogP contribution in [0.2, 0.25) is 0 Å². The second kappa shape index (κ2) is 11.3. The third kappa shape index (κ3) is 5.46. The van der Waals surface area contributed by atoms with Gasteiger partial charge in [0.25, 0.3) is 0 Å². The van der Waals surface area contributed by atoms with Gasteiger partial charge in [-0.25, -0.2) is 9.78 Å². The number of carboxylic acid groups (broad SMARTS) is 1. The van der Waals surface area contributed by atoms with E-state index in [2.05, 4.69) is 55.7 Å². The van der Waals surface area contributed by atoms with Crippen molar-refractivity contribution in [1.29, 1.82) is 0 Å². The van der Waals surface area contributed by atoms with Crippen molar-refractivity contribution >= 4 is 46.4 Å². The van der Waals surface area contributed by atoms with Gasteiger partial charge in [-0.05, 0) is 65.6 Å². The van der Waals surface area contributed by atoms with E-state index in [1.54, 1.807) is 7.11 Å². The molecule has 1 amide bonds. The summed E-state index contributed by atoms with van der Waals surface area (Å²) in [6.45, 7) is 3.23. The summed E-state index contributed by atoms with van der Waals surface area (Å²) in [7, 11) is 1.65. The van der Waals surface area contributed by atoms with Crippen molar-refractivity contribution in [2.24, 2.45) is 0 Å². The summed E-state index contributed by atoms with van der Waals surface area (Å²) in [5, 5.41) is 18.9. The molecule has 0 bridgehead atoms. The number of anilines is 2. The SMILES string of the molecule is COc1ccc2c(c1)C1(CC1c1ccc3c(/C=C/c4ccc(N5CCOCC5)nc4)n[nH]c3c1)C(=O)N2.O=C(O)C(F)(F)F. The number of hydrogen-bond donors (Lipinski definition) is 3. The number of ether oxygens (including phenoxy) is 2. The quantitative estimate of drug-likeness (QED) is 0.290. The molecule has 7 rings (SSSR count). The van der Waals surface area contributed by atoms with E-state index in [0.717, 1.165) is 83.3 Å². The van der Waals surface area contributed by atoms with E-state index in [4.69, 9.17) is 19.4 Å². The molecular weight excluding hydrogens is 579 g/mol. The second-order valence-electron chi connectivity index (χ2n) is 10.7. The maximum absolute atomic E-state index is 13.0. The van der Waals surface area contributed by atoms with E-state index in [1.807, 2.05) is 36.5 Å². The fraction of sp³-hybridized carbons (Fsp3) is 0.290. The number of benzene rings is 2. The van der Waals surface area contributed by atoms with Crippen molar-refractivity contribution in [3.63, 3.8) is 0 Å². The molecule has 2 aromatic carbocycles. The summed E-state index contributed by atoms with van der Waals surface area (Å²) in [6.07, 6.45) is 1.64. The van der Waals surface area contributed by atoms with Gasteiger partial charge < -0.3 is 24.8 Å². The molecule has 1 saturated heterocycles. The molecule has 1 spiro atoms. The number of carbonyl (C=O) groups excluding carboxylic acids is 1. The van der Waals surface area contributed by atoms with E-state index in [-0.39, 0.29) is 11.8 Å². The number of fused-ring (bicyclic) bond motifs is 3. The molecule has 2 fully saturated rings. The molecule has 3 N–H and O–H groups in total. The van der Waals surface area contributed by atoms with Crippen LogP contribution in [0.1, 0.15) is 34.7 Å². The largest absolute Gasteiger partial charge is 0.497 e. The van der Waals surface area contributed by atoms with Crippen LogP contribution in [0.3, 0.4) is 0 Å². The Kier molecular flexibility index (Phi) is 7.49. The minimum atomic E-state index is -5.08. The topological polar surface area (TPSA) is 130 Å². The first-order valence-corrected chi connectivity index (χ1v) is 13.8. The molecule has 2 aliphatic heterocycles. The van der Waals surface area contributed by atoms with Crippen molar-refractivity contribution in [3.05, 3.63) is 77.1 Å². The maximum Gasteiger partial charge on any atom is 0.490 e. The lowest BCUT2D eigenvalue weighted by Gasteiger charge is -2.27. The monoisotopic (exact) mass is 607 g/mol. The minimum Gasteiger partial charge on any atom is -0.497 e. The number of pyridine rings is 1. The normalized spacial score (nSPS) is 20.8.